The number of primary amides is 1. The Kier molecular flexibility index (Phi) is 9.06. The molecule has 0 aliphatic carbocycles. The lowest BCUT2D eigenvalue weighted by Gasteiger charge is -2.12. The van der Waals surface area contributed by atoms with Gasteiger partial charge in [0.05, 0.1) is 6.42 Å². The normalized spacial score (nSPS) is 12.7. The van der Waals surface area contributed by atoms with E-state index >= 15 is 0 Å². The summed E-state index contributed by atoms with van der Waals surface area (Å²) in [6.45, 7) is 0.0771. The number of rotatable bonds is 10. The molecular formula is C17H24N4O6. The minimum atomic E-state index is -1.03. The first kappa shape index (κ1) is 22.2. The minimum Gasteiger partial charge on any atom is -0.425 e. The highest BCUT2D eigenvalue weighted by atomic mass is 16.6. The van der Waals surface area contributed by atoms with E-state index in [2.05, 4.69) is 4.74 Å². The van der Waals surface area contributed by atoms with Gasteiger partial charge >= 0.3 is 17.9 Å². The van der Waals surface area contributed by atoms with Crippen molar-refractivity contribution in [2.45, 2.75) is 37.8 Å². The Labute approximate surface area is 156 Å². The molecule has 1 aromatic carbocycles. The molecule has 0 heterocycles. The molecule has 148 valence electrons. The van der Waals surface area contributed by atoms with Gasteiger partial charge < -0.3 is 32.4 Å². The SMILES string of the molecule is NCCC(=O)OC(=O)[C@H](N)Cc1ccc(OC(=O)[C@@H](N)CCC(N)=O)cc1. The predicted octanol–water partition coefficient (Wildman–Crippen LogP) is -1.53. The number of nitrogens with two attached hydrogens (primary N) is 4. The fourth-order valence-electron chi connectivity index (χ4n) is 2.00. The Balaban J connectivity index is 2.53. The third-order valence-electron chi connectivity index (χ3n) is 3.47. The second-order valence-corrected chi connectivity index (χ2v) is 5.82. The molecule has 1 aromatic rings. The molecule has 0 fully saturated rings. The van der Waals surface area contributed by atoms with E-state index in [4.69, 9.17) is 27.7 Å². The molecule has 0 spiro atoms. The molecule has 10 nitrogen and oxygen atoms in total. The Morgan fingerprint density at radius 3 is 2.11 bits per heavy atom. The fourth-order valence-corrected chi connectivity index (χ4v) is 2.00. The molecule has 1 rings (SSSR count). The summed E-state index contributed by atoms with van der Waals surface area (Å²) < 4.78 is 9.67. The quantitative estimate of drug-likeness (QED) is 0.212. The molecule has 8 N–H and O–H groups in total. The van der Waals surface area contributed by atoms with E-state index in [1.807, 2.05) is 0 Å². The van der Waals surface area contributed by atoms with Crippen LogP contribution in [-0.2, 0) is 30.3 Å². The van der Waals surface area contributed by atoms with Gasteiger partial charge in [0, 0.05) is 13.0 Å². The lowest BCUT2D eigenvalue weighted by Crippen LogP contribution is -2.36. The Morgan fingerprint density at radius 1 is 0.926 bits per heavy atom. The van der Waals surface area contributed by atoms with Gasteiger partial charge in [-0.1, -0.05) is 12.1 Å². The van der Waals surface area contributed by atoms with Gasteiger partial charge in [-0.2, -0.15) is 0 Å². The van der Waals surface area contributed by atoms with E-state index in [1.165, 1.54) is 12.1 Å². The fraction of sp³-hybridized carbons (Fsp3) is 0.412. The van der Waals surface area contributed by atoms with Crippen LogP contribution in [0.3, 0.4) is 0 Å². The summed E-state index contributed by atoms with van der Waals surface area (Å²) in [5, 5.41) is 0. The summed E-state index contributed by atoms with van der Waals surface area (Å²) in [4.78, 5) is 45.4. The largest absolute Gasteiger partial charge is 0.425 e. The molecule has 10 heteroatoms. The van der Waals surface area contributed by atoms with Gasteiger partial charge in [-0.25, -0.2) is 9.59 Å². The van der Waals surface area contributed by atoms with Crippen molar-refractivity contribution in [3.8, 4) is 5.75 Å². The van der Waals surface area contributed by atoms with Crippen LogP contribution in [0.1, 0.15) is 24.8 Å². The zero-order valence-electron chi connectivity index (χ0n) is 14.8. The average molecular weight is 380 g/mol. The molecule has 1 amide bonds. The average Bonchev–Trinajstić information content (AvgIpc) is 2.61. The molecule has 0 aliphatic rings. The van der Waals surface area contributed by atoms with Crippen molar-refractivity contribution in [3.05, 3.63) is 29.8 Å². The van der Waals surface area contributed by atoms with Crippen LogP contribution in [0.2, 0.25) is 0 Å². The topological polar surface area (TPSA) is 191 Å². The van der Waals surface area contributed by atoms with Gasteiger partial charge in [0.2, 0.25) is 5.91 Å². The number of amides is 1. The van der Waals surface area contributed by atoms with E-state index in [-0.39, 0.29) is 38.0 Å². The molecule has 2 atom stereocenters. The summed E-state index contributed by atoms with van der Waals surface area (Å²) in [7, 11) is 0. The Morgan fingerprint density at radius 2 is 1.56 bits per heavy atom. The van der Waals surface area contributed by atoms with Gasteiger partial charge in [0.15, 0.2) is 0 Å². The molecule has 0 unspecified atom stereocenters. The van der Waals surface area contributed by atoms with Crippen molar-refractivity contribution < 1.29 is 28.7 Å². The van der Waals surface area contributed by atoms with Crippen LogP contribution in [0, 0.1) is 0 Å². The van der Waals surface area contributed by atoms with Crippen LogP contribution in [0.25, 0.3) is 0 Å². The molecule has 0 saturated heterocycles. The third-order valence-corrected chi connectivity index (χ3v) is 3.47. The van der Waals surface area contributed by atoms with Crippen LogP contribution in [0.5, 0.6) is 5.75 Å². The van der Waals surface area contributed by atoms with Crippen LogP contribution >= 0.6 is 0 Å². The lowest BCUT2D eigenvalue weighted by molar-refractivity contribution is -0.160. The minimum absolute atomic E-state index is 0.0169. The van der Waals surface area contributed by atoms with Gasteiger partial charge in [0.25, 0.3) is 0 Å². The zero-order chi connectivity index (χ0) is 20.4. The number of hydrogen-bond donors (Lipinski definition) is 4. The second-order valence-electron chi connectivity index (χ2n) is 5.82. The Hall–Kier alpha value is -2.82. The number of hydrogen-bond acceptors (Lipinski definition) is 9. The summed E-state index contributed by atoms with van der Waals surface area (Å²) in [6, 6.07) is 4.23. The standard InChI is InChI=1S/C17H24N4O6/c18-8-7-15(23)27-17(25)13(20)9-10-1-3-11(4-2-10)26-16(24)12(19)5-6-14(21)22/h1-4,12-13H,5-9,18-20H2,(H2,21,22)/t12-,13+/m0/s1. The monoisotopic (exact) mass is 380 g/mol. The third kappa shape index (κ3) is 8.40. The maximum atomic E-state index is 11.8. The van der Waals surface area contributed by atoms with Gasteiger partial charge in [-0.3, -0.25) is 9.59 Å². The second kappa shape index (κ2) is 11.0. The summed E-state index contributed by atoms with van der Waals surface area (Å²) >= 11 is 0. The number of carbonyl (C=O) groups is 4. The first-order valence-electron chi connectivity index (χ1n) is 8.27. The van der Waals surface area contributed by atoms with E-state index in [0.717, 1.165) is 0 Å². The zero-order valence-corrected chi connectivity index (χ0v) is 14.8. The highest BCUT2D eigenvalue weighted by Crippen LogP contribution is 2.14. The predicted molar refractivity (Wildman–Crippen MR) is 94.9 cm³/mol. The highest BCUT2D eigenvalue weighted by molar-refractivity contribution is 5.88. The van der Waals surface area contributed by atoms with Gasteiger partial charge in [-0.15, -0.1) is 0 Å². The van der Waals surface area contributed by atoms with Gasteiger partial charge in [0.1, 0.15) is 17.8 Å². The van der Waals surface area contributed by atoms with Crippen molar-refractivity contribution in [2.75, 3.05) is 6.54 Å². The lowest BCUT2D eigenvalue weighted by atomic mass is 10.1. The molecule has 0 radical (unpaired) electrons. The van der Waals surface area contributed by atoms with E-state index in [0.29, 0.717) is 5.56 Å². The van der Waals surface area contributed by atoms with Crippen LogP contribution in [0.4, 0.5) is 0 Å². The van der Waals surface area contributed by atoms with Crippen LogP contribution in [-0.4, -0.2) is 42.4 Å². The first-order valence-corrected chi connectivity index (χ1v) is 8.27. The Bertz CT molecular complexity index is 677. The van der Waals surface area contributed by atoms with E-state index < -0.39 is 35.9 Å². The number of benzene rings is 1. The molecule has 0 saturated carbocycles. The molecule has 0 bridgehead atoms. The maximum absolute atomic E-state index is 11.8. The van der Waals surface area contributed by atoms with E-state index in [1.54, 1.807) is 12.1 Å². The highest BCUT2D eigenvalue weighted by Gasteiger charge is 2.20. The molecule has 0 aromatic heterocycles. The summed E-state index contributed by atoms with van der Waals surface area (Å²) in [6.07, 6.45) is 0.129. The smallest absolute Gasteiger partial charge is 0.330 e. The van der Waals surface area contributed by atoms with Crippen molar-refractivity contribution >= 4 is 23.8 Å². The first-order chi connectivity index (χ1) is 12.7. The molecule has 27 heavy (non-hydrogen) atoms. The number of esters is 3. The number of carbonyl (C=O) groups excluding carboxylic acids is 4. The van der Waals surface area contributed by atoms with Crippen molar-refractivity contribution in [2.24, 2.45) is 22.9 Å². The van der Waals surface area contributed by atoms with Crippen molar-refractivity contribution in [1.82, 2.24) is 0 Å². The van der Waals surface area contributed by atoms with Crippen LogP contribution < -0.4 is 27.7 Å². The van der Waals surface area contributed by atoms with Crippen LogP contribution in [0.15, 0.2) is 24.3 Å². The van der Waals surface area contributed by atoms with Crippen molar-refractivity contribution in [1.29, 1.82) is 0 Å². The van der Waals surface area contributed by atoms with E-state index in [9.17, 15) is 19.2 Å². The summed E-state index contributed by atoms with van der Waals surface area (Å²) in [5.41, 5.74) is 22.2. The van der Waals surface area contributed by atoms with Gasteiger partial charge in [-0.05, 0) is 30.5 Å². The number of ether oxygens (including phenoxy) is 2. The van der Waals surface area contributed by atoms with Crippen molar-refractivity contribution in [3.63, 3.8) is 0 Å². The maximum Gasteiger partial charge on any atom is 0.330 e. The molecule has 0 aliphatic heterocycles. The summed E-state index contributed by atoms with van der Waals surface area (Å²) in [5.74, 6) is -2.57. The molecular weight excluding hydrogens is 356 g/mol.